The Morgan fingerprint density at radius 1 is 1.13 bits per heavy atom. The summed E-state index contributed by atoms with van der Waals surface area (Å²) in [5.74, 6) is 0.251. The molecule has 6 N–H and O–H groups in total. The third kappa shape index (κ3) is 6.92. The second-order valence-electron chi connectivity index (χ2n) is 7.61. The zero-order valence-corrected chi connectivity index (χ0v) is 18.9. The van der Waals surface area contributed by atoms with E-state index in [4.69, 9.17) is 5.73 Å². The van der Waals surface area contributed by atoms with Crippen LogP contribution < -0.4 is 27.0 Å². The number of aryl methyl sites for hydroxylation is 1. The van der Waals surface area contributed by atoms with Crippen LogP contribution in [0.4, 0.5) is 17.3 Å². The number of amides is 2. The first-order valence-corrected chi connectivity index (χ1v) is 10.5. The van der Waals surface area contributed by atoms with E-state index in [2.05, 4.69) is 31.2 Å². The highest BCUT2D eigenvalue weighted by Crippen LogP contribution is 2.23. The molecule has 1 unspecified atom stereocenters. The van der Waals surface area contributed by atoms with E-state index in [0.29, 0.717) is 36.7 Å². The van der Waals surface area contributed by atoms with Crippen molar-refractivity contribution in [3.8, 4) is 0 Å². The third-order valence-corrected chi connectivity index (χ3v) is 4.69. The molecular weight excluding hydrogens is 394 g/mol. The first-order chi connectivity index (χ1) is 14.7. The van der Waals surface area contributed by atoms with Crippen LogP contribution in [0.25, 0.3) is 0 Å². The lowest BCUT2D eigenvalue weighted by atomic mass is 10.1. The lowest BCUT2D eigenvalue weighted by Crippen LogP contribution is -2.41. The number of carbonyl (C=O) groups excluding carboxylic acids is 2. The number of carbonyl (C=O) groups is 2. The van der Waals surface area contributed by atoms with Crippen molar-refractivity contribution in [2.45, 2.75) is 52.6 Å². The van der Waals surface area contributed by atoms with Crippen LogP contribution in [0, 0.1) is 0 Å². The van der Waals surface area contributed by atoms with E-state index in [0.717, 1.165) is 11.3 Å². The first-order valence-electron chi connectivity index (χ1n) is 10.5. The molecule has 0 aliphatic heterocycles. The molecule has 2 rings (SSSR count). The van der Waals surface area contributed by atoms with Crippen molar-refractivity contribution >= 4 is 29.1 Å². The van der Waals surface area contributed by atoms with Crippen LogP contribution in [0.2, 0.25) is 0 Å². The van der Waals surface area contributed by atoms with Crippen molar-refractivity contribution in [3.05, 3.63) is 41.2 Å². The van der Waals surface area contributed by atoms with E-state index in [1.807, 2.05) is 52.0 Å². The van der Waals surface area contributed by atoms with Gasteiger partial charge < -0.3 is 27.0 Å². The minimum Gasteiger partial charge on any atom is -0.366 e. The molecule has 168 valence electrons. The molecule has 1 aromatic heterocycles. The average molecular weight is 428 g/mol. The lowest BCUT2D eigenvalue weighted by Gasteiger charge is -2.17. The monoisotopic (exact) mass is 427 g/mol. The molecule has 0 fully saturated rings. The van der Waals surface area contributed by atoms with Gasteiger partial charge in [0.15, 0.2) is 11.5 Å². The highest BCUT2D eigenvalue weighted by molar-refractivity contribution is 5.96. The van der Waals surface area contributed by atoms with E-state index in [-0.39, 0.29) is 23.7 Å². The van der Waals surface area contributed by atoms with Crippen LogP contribution >= 0.6 is 0 Å². The summed E-state index contributed by atoms with van der Waals surface area (Å²) in [6, 6.07) is 7.63. The van der Waals surface area contributed by atoms with Gasteiger partial charge in [-0.15, -0.1) is 0 Å². The standard InChI is InChI=1S/C22H33N7O2/c1-6-17-20(26-13(2)3)29-21(18(28-17)19(23)30)27-16-9-7-8-15(12-16)10-11-25-22(31)14(4)24-5/h7-9,12-14,24H,6,10-11H2,1-5H3,(H2,23,30)(H,25,31)(H2,26,27,29). The lowest BCUT2D eigenvalue weighted by molar-refractivity contribution is -0.122. The number of nitrogens with zero attached hydrogens (tertiary/aromatic N) is 2. The number of nitrogens with one attached hydrogen (secondary N) is 4. The summed E-state index contributed by atoms with van der Waals surface area (Å²) >= 11 is 0. The number of rotatable bonds is 11. The molecule has 1 heterocycles. The molecule has 31 heavy (non-hydrogen) atoms. The highest BCUT2D eigenvalue weighted by Gasteiger charge is 2.18. The Hall–Kier alpha value is -3.20. The van der Waals surface area contributed by atoms with Gasteiger partial charge >= 0.3 is 0 Å². The van der Waals surface area contributed by atoms with Gasteiger partial charge in [-0.2, -0.15) is 0 Å². The van der Waals surface area contributed by atoms with Gasteiger partial charge in [-0.05, 0) is 58.4 Å². The topological polar surface area (TPSA) is 134 Å². The molecule has 2 aromatic rings. The van der Waals surface area contributed by atoms with Crippen LogP contribution in [0.1, 0.15) is 49.4 Å². The van der Waals surface area contributed by atoms with E-state index in [1.54, 1.807) is 7.05 Å². The minimum absolute atomic E-state index is 0.0423. The highest BCUT2D eigenvalue weighted by atomic mass is 16.2. The van der Waals surface area contributed by atoms with Gasteiger partial charge in [0.2, 0.25) is 5.91 Å². The normalized spacial score (nSPS) is 11.8. The van der Waals surface area contributed by atoms with Gasteiger partial charge in [-0.25, -0.2) is 9.97 Å². The van der Waals surface area contributed by atoms with Gasteiger partial charge in [0, 0.05) is 18.3 Å². The summed E-state index contributed by atoms with van der Waals surface area (Å²) in [5, 5.41) is 12.3. The number of likely N-dealkylation sites (N-methyl/N-ethyl adjacent to an activating group) is 1. The SMILES string of the molecule is CCc1nc(C(N)=O)c(Nc2cccc(CCNC(=O)C(C)NC)c2)nc1NC(C)C. The quantitative estimate of drug-likeness (QED) is 0.370. The Kier molecular flexibility index (Phi) is 8.75. The Labute approximate surface area is 183 Å². The minimum atomic E-state index is -0.640. The maximum atomic E-state index is 12.0. The number of anilines is 3. The molecule has 0 saturated heterocycles. The van der Waals surface area contributed by atoms with Crippen LogP contribution in [0.15, 0.2) is 24.3 Å². The van der Waals surface area contributed by atoms with Crippen molar-refractivity contribution in [2.75, 3.05) is 24.2 Å². The molecule has 1 aromatic carbocycles. The molecule has 0 aliphatic rings. The fourth-order valence-electron chi connectivity index (χ4n) is 2.92. The Morgan fingerprint density at radius 3 is 2.48 bits per heavy atom. The summed E-state index contributed by atoms with van der Waals surface area (Å²) in [7, 11) is 1.75. The molecule has 1 atom stereocenters. The number of benzene rings is 1. The maximum Gasteiger partial charge on any atom is 0.271 e. The Morgan fingerprint density at radius 2 is 1.87 bits per heavy atom. The van der Waals surface area contributed by atoms with Crippen molar-refractivity contribution in [1.82, 2.24) is 20.6 Å². The number of hydrogen-bond donors (Lipinski definition) is 5. The van der Waals surface area contributed by atoms with Crippen LogP contribution in [0.5, 0.6) is 0 Å². The first kappa shape index (κ1) is 24.1. The molecule has 0 radical (unpaired) electrons. The van der Waals surface area contributed by atoms with Gasteiger partial charge in [0.05, 0.1) is 11.7 Å². The summed E-state index contributed by atoms with van der Waals surface area (Å²) < 4.78 is 0. The summed E-state index contributed by atoms with van der Waals surface area (Å²) in [4.78, 5) is 32.9. The average Bonchev–Trinajstić information content (AvgIpc) is 2.72. The van der Waals surface area contributed by atoms with Crippen LogP contribution in [-0.2, 0) is 17.6 Å². The molecule has 0 spiro atoms. The second kappa shape index (κ2) is 11.3. The molecule has 9 nitrogen and oxygen atoms in total. The Bertz CT molecular complexity index is 915. The van der Waals surface area contributed by atoms with E-state index in [9.17, 15) is 9.59 Å². The van der Waals surface area contributed by atoms with Gasteiger partial charge in [-0.1, -0.05) is 19.1 Å². The van der Waals surface area contributed by atoms with Crippen LogP contribution in [-0.4, -0.2) is 47.5 Å². The van der Waals surface area contributed by atoms with E-state index in [1.165, 1.54) is 0 Å². The predicted molar refractivity (Wildman–Crippen MR) is 124 cm³/mol. The van der Waals surface area contributed by atoms with Crippen LogP contribution in [0.3, 0.4) is 0 Å². The maximum absolute atomic E-state index is 12.0. The third-order valence-electron chi connectivity index (χ3n) is 4.69. The summed E-state index contributed by atoms with van der Waals surface area (Å²) in [5.41, 5.74) is 8.13. The van der Waals surface area contributed by atoms with Crippen molar-refractivity contribution < 1.29 is 9.59 Å². The van der Waals surface area contributed by atoms with Crippen molar-refractivity contribution in [3.63, 3.8) is 0 Å². The number of primary amides is 1. The van der Waals surface area contributed by atoms with Crippen molar-refractivity contribution in [1.29, 1.82) is 0 Å². The van der Waals surface area contributed by atoms with Gasteiger partial charge in [0.25, 0.3) is 5.91 Å². The zero-order valence-electron chi connectivity index (χ0n) is 18.9. The van der Waals surface area contributed by atoms with E-state index < -0.39 is 5.91 Å². The number of hydrogen-bond acceptors (Lipinski definition) is 7. The van der Waals surface area contributed by atoms with Crippen molar-refractivity contribution in [2.24, 2.45) is 5.73 Å². The molecular formula is C22H33N7O2. The largest absolute Gasteiger partial charge is 0.366 e. The molecule has 0 bridgehead atoms. The number of nitrogens with two attached hydrogens (primary N) is 1. The van der Waals surface area contributed by atoms with E-state index >= 15 is 0 Å². The zero-order chi connectivity index (χ0) is 23.0. The number of aromatic nitrogens is 2. The predicted octanol–water partition coefficient (Wildman–Crippen LogP) is 1.97. The fourth-order valence-corrected chi connectivity index (χ4v) is 2.92. The molecule has 2 amide bonds. The van der Waals surface area contributed by atoms with Gasteiger partial charge in [-0.3, -0.25) is 9.59 Å². The molecule has 9 heteroatoms. The Balaban J connectivity index is 2.20. The second-order valence-corrected chi connectivity index (χ2v) is 7.61. The molecule has 0 aliphatic carbocycles. The fraction of sp³-hybridized carbons (Fsp3) is 0.455. The summed E-state index contributed by atoms with van der Waals surface area (Å²) in [6.07, 6.45) is 1.29. The van der Waals surface area contributed by atoms with Gasteiger partial charge in [0.1, 0.15) is 5.82 Å². The summed E-state index contributed by atoms with van der Waals surface area (Å²) in [6.45, 7) is 8.30. The molecule has 0 saturated carbocycles. The smallest absolute Gasteiger partial charge is 0.271 e.